The summed E-state index contributed by atoms with van der Waals surface area (Å²) in [6, 6.07) is 3.31. The average Bonchev–Trinajstić information content (AvgIpc) is 2.25. The Hall–Kier alpha value is -0.980. The van der Waals surface area contributed by atoms with Gasteiger partial charge in [-0.1, -0.05) is 0 Å². The normalized spacial score (nSPS) is 9.20. The van der Waals surface area contributed by atoms with E-state index in [4.69, 9.17) is 10.3 Å². The van der Waals surface area contributed by atoms with Crippen molar-refractivity contribution in [2.75, 3.05) is 6.61 Å². The van der Waals surface area contributed by atoms with Crippen LogP contribution in [0.2, 0.25) is 0 Å². The van der Waals surface area contributed by atoms with Gasteiger partial charge in [0.1, 0.15) is 5.56 Å². The molecule has 0 saturated carbocycles. The molecule has 1 amide bonds. The summed E-state index contributed by atoms with van der Waals surface area (Å²) >= 11 is 0. The van der Waals surface area contributed by atoms with Gasteiger partial charge < -0.3 is 22.1 Å². The first-order valence-corrected chi connectivity index (χ1v) is 4.32. The van der Waals surface area contributed by atoms with Crippen LogP contribution in [0.1, 0.15) is 16.8 Å². The number of halogens is 1. The predicted molar refractivity (Wildman–Crippen MR) is 47.6 cm³/mol. The van der Waals surface area contributed by atoms with Crippen molar-refractivity contribution in [3.63, 3.8) is 0 Å². The minimum Gasteiger partial charge on any atom is -1.00 e. The molecule has 0 fully saturated rings. The number of aromatic nitrogens is 1. The van der Waals surface area contributed by atoms with E-state index >= 15 is 0 Å². The lowest BCUT2D eigenvalue weighted by Crippen LogP contribution is -3.00. The highest BCUT2D eigenvalue weighted by atomic mass is 79.9. The Morgan fingerprint density at radius 1 is 1.53 bits per heavy atom. The van der Waals surface area contributed by atoms with E-state index in [-0.39, 0.29) is 23.6 Å². The van der Waals surface area contributed by atoms with Crippen LogP contribution in [0.15, 0.2) is 24.5 Å². The molecule has 0 spiro atoms. The van der Waals surface area contributed by atoms with E-state index in [9.17, 15) is 4.79 Å². The lowest BCUT2D eigenvalue weighted by molar-refractivity contribution is -0.697. The molecule has 0 bridgehead atoms. The fraction of sp³-hybridized carbons (Fsp3) is 0.333. The fourth-order valence-corrected chi connectivity index (χ4v) is 1.11. The second-order valence-electron chi connectivity index (χ2n) is 2.85. The van der Waals surface area contributed by atoms with Gasteiger partial charge in [-0.2, -0.15) is 0 Å². The second kappa shape index (κ2) is 7.33. The van der Waals surface area contributed by atoms with Gasteiger partial charge in [0.25, 0.3) is 5.91 Å². The molecule has 0 unspecified atom stereocenters. The molecule has 5 nitrogen and oxygen atoms in total. The molecule has 0 aromatic carbocycles. The van der Waals surface area contributed by atoms with E-state index in [1.807, 2.05) is 0 Å². The van der Waals surface area contributed by atoms with E-state index in [2.05, 4.69) is 0 Å². The van der Waals surface area contributed by atoms with E-state index in [1.165, 1.54) is 0 Å². The molecule has 0 saturated heterocycles. The van der Waals surface area contributed by atoms with Gasteiger partial charge in [-0.25, -0.2) is 10.0 Å². The monoisotopic (exact) mass is 276 g/mol. The Labute approximate surface area is 98.1 Å². The lowest BCUT2D eigenvalue weighted by Gasteiger charge is -1.98. The third-order valence-corrected chi connectivity index (χ3v) is 1.80. The van der Waals surface area contributed by atoms with Crippen molar-refractivity contribution in [1.82, 2.24) is 5.48 Å². The van der Waals surface area contributed by atoms with Gasteiger partial charge in [0.15, 0.2) is 18.9 Å². The molecule has 0 aliphatic heterocycles. The second-order valence-corrected chi connectivity index (χ2v) is 2.85. The van der Waals surface area contributed by atoms with E-state index in [1.54, 1.807) is 34.6 Å². The summed E-state index contributed by atoms with van der Waals surface area (Å²) in [7, 11) is 0. The standard InChI is InChI=1S/C9H12N2O3.BrH/c12-6-2-5-11-4-1-3-8(7-11)9(13)10-14;/h1,3-4,7,12H,2,5-6H2,(H-,10,13,14);1H. The summed E-state index contributed by atoms with van der Waals surface area (Å²) in [5.41, 5.74) is 1.95. The van der Waals surface area contributed by atoms with Gasteiger partial charge in [-0.05, 0) is 6.07 Å². The zero-order valence-electron chi connectivity index (χ0n) is 8.06. The first-order chi connectivity index (χ1) is 6.77. The Kier molecular flexibility index (Phi) is 6.85. The van der Waals surface area contributed by atoms with Crippen LogP contribution in [0.4, 0.5) is 0 Å². The van der Waals surface area contributed by atoms with Gasteiger partial charge in [-0.3, -0.25) is 10.0 Å². The predicted octanol–water partition coefficient (Wildman–Crippen LogP) is -3.52. The van der Waals surface area contributed by atoms with E-state index in [0.717, 1.165) is 0 Å². The molecule has 1 aromatic heterocycles. The first-order valence-electron chi connectivity index (χ1n) is 4.32. The summed E-state index contributed by atoms with van der Waals surface area (Å²) in [5, 5.41) is 17.0. The molecule has 0 aliphatic carbocycles. The molecule has 0 atom stereocenters. The third kappa shape index (κ3) is 4.37. The summed E-state index contributed by atoms with van der Waals surface area (Å²) in [4.78, 5) is 11.0. The Balaban J connectivity index is 0.00000196. The van der Waals surface area contributed by atoms with Crippen molar-refractivity contribution in [1.29, 1.82) is 0 Å². The SMILES string of the molecule is O=C(NO)c1ccc[n+](CCCO)c1.[Br-]. The Bertz CT molecular complexity index is 320. The van der Waals surface area contributed by atoms with Crippen LogP contribution in [0.5, 0.6) is 0 Å². The van der Waals surface area contributed by atoms with Crippen molar-refractivity contribution in [3.05, 3.63) is 30.1 Å². The average molecular weight is 277 g/mol. The molecule has 0 aliphatic rings. The number of aliphatic hydroxyl groups excluding tert-OH is 1. The number of nitrogens with zero attached hydrogens (tertiary/aromatic N) is 1. The van der Waals surface area contributed by atoms with Crippen molar-refractivity contribution in [2.24, 2.45) is 0 Å². The number of carbonyl (C=O) groups is 1. The van der Waals surface area contributed by atoms with Crippen molar-refractivity contribution in [3.8, 4) is 0 Å². The minimum atomic E-state index is -0.539. The van der Waals surface area contributed by atoms with Crippen molar-refractivity contribution in [2.45, 2.75) is 13.0 Å². The zero-order chi connectivity index (χ0) is 10.4. The minimum absolute atomic E-state index is 0. The van der Waals surface area contributed by atoms with Gasteiger partial charge in [0.05, 0.1) is 0 Å². The number of hydrogen-bond donors (Lipinski definition) is 3. The molecular formula is C9H13BrN2O3. The highest BCUT2D eigenvalue weighted by molar-refractivity contribution is 5.92. The Morgan fingerprint density at radius 3 is 2.87 bits per heavy atom. The molecular weight excluding hydrogens is 264 g/mol. The van der Waals surface area contributed by atoms with Crippen LogP contribution in [0.3, 0.4) is 0 Å². The molecule has 15 heavy (non-hydrogen) atoms. The highest BCUT2D eigenvalue weighted by Gasteiger charge is 2.08. The number of hydroxylamine groups is 1. The number of aryl methyl sites for hydroxylation is 1. The topological polar surface area (TPSA) is 73.4 Å². The molecule has 1 heterocycles. The number of carbonyl (C=O) groups excluding carboxylic acids is 1. The quantitative estimate of drug-likeness (QED) is 0.303. The third-order valence-electron chi connectivity index (χ3n) is 1.80. The van der Waals surface area contributed by atoms with Gasteiger partial charge in [-0.15, -0.1) is 0 Å². The number of amides is 1. The summed E-state index contributed by atoms with van der Waals surface area (Å²) in [5.74, 6) is -0.539. The number of rotatable bonds is 4. The maximum Gasteiger partial charge on any atom is 0.280 e. The van der Waals surface area contributed by atoms with E-state index < -0.39 is 5.91 Å². The smallest absolute Gasteiger partial charge is 0.280 e. The van der Waals surface area contributed by atoms with Crippen molar-refractivity contribution >= 4 is 5.91 Å². The largest absolute Gasteiger partial charge is 1.00 e. The van der Waals surface area contributed by atoms with Crippen LogP contribution < -0.4 is 27.0 Å². The number of hydrogen-bond acceptors (Lipinski definition) is 3. The van der Waals surface area contributed by atoms with Crippen LogP contribution in [0, 0.1) is 0 Å². The summed E-state index contributed by atoms with van der Waals surface area (Å²) in [6.45, 7) is 0.756. The number of aliphatic hydroxyl groups is 1. The van der Waals surface area contributed by atoms with Gasteiger partial charge >= 0.3 is 0 Å². The molecule has 1 aromatic rings. The summed E-state index contributed by atoms with van der Waals surface area (Å²) in [6.07, 6.45) is 4.04. The van der Waals surface area contributed by atoms with Crippen LogP contribution in [0.25, 0.3) is 0 Å². The number of nitrogens with one attached hydrogen (secondary N) is 1. The van der Waals surface area contributed by atoms with Crippen LogP contribution >= 0.6 is 0 Å². The van der Waals surface area contributed by atoms with Crippen molar-refractivity contribution < 1.29 is 36.7 Å². The van der Waals surface area contributed by atoms with Gasteiger partial charge in [0.2, 0.25) is 0 Å². The molecule has 1 rings (SSSR count). The molecule has 0 radical (unpaired) electrons. The fourth-order valence-electron chi connectivity index (χ4n) is 1.11. The maximum atomic E-state index is 11.0. The molecule has 3 N–H and O–H groups in total. The van der Waals surface area contributed by atoms with Crippen LogP contribution in [-0.2, 0) is 6.54 Å². The first kappa shape index (κ1) is 14.0. The van der Waals surface area contributed by atoms with Crippen LogP contribution in [-0.4, -0.2) is 22.8 Å². The zero-order valence-corrected chi connectivity index (χ0v) is 9.64. The summed E-state index contributed by atoms with van der Waals surface area (Å²) < 4.78 is 1.78. The lowest BCUT2D eigenvalue weighted by atomic mass is 10.2. The molecule has 84 valence electrons. The molecule has 6 heteroatoms. The highest BCUT2D eigenvalue weighted by Crippen LogP contribution is 1.93. The Morgan fingerprint density at radius 2 is 2.27 bits per heavy atom. The van der Waals surface area contributed by atoms with Gasteiger partial charge in [0, 0.05) is 19.1 Å². The number of pyridine rings is 1. The van der Waals surface area contributed by atoms with E-state index in [0.29, 0.717) is 18.5 Å². The maximum absolute atomic E-state index is 11.0.